The van der Waals surface area contributed by atoms with Crippen LogP contribution >= 0.6 is 0 Å². The number of hydrogen-bond donors (Lipinski definition) is 4. The molecule has 0 fully saturated rings. The number of carbonyl (C=O) groups is 2. The van der Waals surface area contributed by atoms with Crippen LogP contribution in [0, 0.1) is 23.2 Å². The van der Waals surface area contributed by atoms with Gasteiger partial charge in [-0.3, -0.25) is 9.59 Å². The first-order chi connectivity index (χ1) is 18.2. The van der Waals surface area contributed by atoms with E-state index in [0.717, 1.165) is 17.6 Å². The van der Waals surface area contributed by atoms with Gasteiger partial charge >= 0.3 is 0 Å². The number of hydrogen-bond acceptors (Lipinski definition) is 7. The zero-order valence-corrected chi connectivity index (χ0v) is 24.9. The lowest BCUT2D eigenvalue weighted by molar-refractivity contribution is -0.130. The van der Waals surface area contributed by atoms with Crippen molar-refractivity contribution in [2.75, 3.05) is 34.0 Å². The molecule has 0 bridgehead atoms. The van der Waals surface area contributed by atoms with Crippen LogP contribution < -0.4 is 26.3 Å². The number of ether oxygens (including phenoxy) is 3. The molecule has 6 N–H and O–H groups in total. The standard InChI is InChI=1S/C30H51N3O6/c1-19(2)22(14-21-10-11-26(38-8)27(15-21)39-13-9-12-37-7)16-24(31)25(34)17-23(20(3)4)28(35)33-18-30(5,6)29(32)36/h10-11,15,20,22-25,34H,1,9,12-14,16-18,31H2,2-8H3,(H2,32,36)(H,33,35)/t22-,23-,24-,25-/m0/s1. The monoisotopic (exact) mass is 549 g/mol. The highest BCUT2D eigenvalue weighted by molar-refractivity contribution is 5.83. The second kappa shape index (κ2) is 16.5. The first kappa shape index (κ1) is 34.4. The van der Waals surface area contributed by atoms with Crippen LogP contribution in [-0.2, 0) is 20.7 Å². The van der Waals surface area contributed by atoms with E-state index in [0.29, 0.717) is 37.6 Å². The number of nitrogens with two attached hydrogens (primary N) is 2. The second-order valence-electron chi connectivity index (χ2n) is 11.4. The Morgan fingerprint density at radius 2 is 1.79 bits per heavy atom. The summed E-state index contributed by atoms with van der Waals surface area (Å²) in [7, 11) is 3.27. The molecule has 222 valence electrons. The lowest BCUT2D eigenvalue weighted by Gasteiger charge is -2.29. The van der Waals surface area contributed by atoms with Crippen molar-refractivity contribution in [3.05, 3.63) is 35.9 Å². The van der Waals surface area contributed by atoms with Gasteiger partial charge in [0.2, 0.25) is 11.8 Å². The summed E-state index contributed by atoms with van der Waals surface area (Å²) >= 11 is 0. The van der Waals surface area contributed by atoms with Crippen LogP contribution in [0.2, 0.25) is 0 Å². The van der Waals surface area contributed by atoms with Crippen LogP contribution in [0.15, 0.2) is 30.4 Å². The highest BCUT2D eigenvalue weighted by Gasteiger charge is 2.31. The maximum Gasteiger partial charge on any atom is 0.224 e. The van der Waals surface area contributed by atoms with Crippen molar-refractivity contribution in [1.82, 2.24) is 5.32 Å². The number of benzene rings is 1. The Morgan fingerprint density at radius 3 is 2.33 bits per heavy atom. The molecule has 39 heavy (non-hydrogen) atoms. The van der Waals surface area contributed by atoms with Crippen molar-refractivity contribution in [1.29, 1.82) is 0 Å². The number of methoxy groups -OCH3 is 2. The molecule has 0 heterocycles. The summed E-state index contributed by atoms with van der Waals surface area (Å²) in [6, 6.07) is 5.30. The van der Waals surface area contributed by atoms with Crippen LogP contribution in [0.25, 0.3) is 0 Å². The van der Waals surface area contributed by atoms with E-state index in [2.05, 4.69) is 11.9 Å². The molecule has 0 aliphatic heterocycles. The van der Waals surface area contributed by atoms with Gasteiger partial charge < -0.3 is 36.1 Å². The number of aliphatic hydroxyl groups is 1. The molecule has 0 unspecified atom stereocenters. The fraction of sp³-hybridized carbons (Fsp3) is 0.667. The number of rotatable bonds is 19. The van der Waals surface area contributed by atoms with Crippen LogP contribution in [0.4, 0.5) is 0 Å². The molecular weight excluding hydrogens is 498 g/mol. The number of allylic oxidation sites excluding steroid dienone is 1. The molecule has 0 saturated carbocycles. The normalized spacial score (nSPS) is 14.8. The van der Waals surface area contributed by atoms with Gasteiger partial charge in [0.1, 0.15) is 0 Å². The molecule has 0 saturated heterocycles. The Morgan fingerprint density at radius 1 is 1.13 bits per heavy atom. The summed E-state index contributed by atoms with van der Waals surface area (Å²) in [6.45, 7) is 14.6. The lowest BCUT2D eigenvalue weighted by atomic mass is 9.82. The molecule has 2 amide bonds. The maximum atomic E-state index is 12.9. The average molecular weight is 550 g/mol. The second-order valence-corrected chi connectivity index (χ2v) is 11.4. The van der Waals surface area contributed by atoms with Crippen molar-refractivity contribution in [2.24, 2.45) is 34.6 Å². The van der Waals surface area contributed by atoms with Crippen molar-refractivity contribution in [3.63, 3.8) is 0 Å². The van der Waals surface area contributed by atoms with Crippen molar-refractivity contribution in [3.8, 4) is 11.5 Å². The Kier molecular flexibility index (Phi) is 14.5. The lowest BCUT2D eigenvalue weighted by Crippen LogP contribution is -2.46. The molecule has 0 spiro atoms. The van der Waals surface area contributed by atoms with E-state index in [9.17, 15) is 14.7 Å². The number of amides is 2. The fourth-order valence-electron chi connectivity index (χ4n) is 4.22. The summed E-state index contributed by atoms with van der Waals surface area (Å²) in [5.74, 6) is 0.150. The van der Waals surface area contributed by atoms with Gasteiger partial charge in [-0.1, -0.05) is 32.1 Å². The third kappa shape index (κ3) is 11.6. The van der Waals surface area contributed by atoms with E-state index in [4.69, 9.17) is 25.7 Å². The zero-order chi connectivity index (χ0) is 29.8. The van der Waals surface area contributed by atoms with Crippen LogP contribution in [-0.4, -0.2) is 63.0 Å². The van der Waals surface area contributed by atoms with Crippen molar-refractivity contribution < 1.29 is 28.9 Å². The highest BCUT2D eigenvalue weighted by atomic mass is 16.5. The smallest absolute Gasteiger partial charge is 0.224 e. The van der Waals surface area contributed by atoms with Gasteiger partial charge in [-0.2, -0.15) is 0 Å². The molecule has 0 aliphatic carbocycles. The average Bonchev–Trinajstić information content (AvgIpc) is 2.87. The minimum Gasteiger partial charge on any atom is -0.493 e. The molecule has 9 heteroatoms. The van der Waals surface area contributed by atoms with Gasteiger partial charge in [-0.25, -0.2) is 0 Å². The molecule has 1 aromatic rings. The van der Waals surface area contributed by atoms with Crippen molar-refractivity contribution >= 4 is 11.8 Å². The highest BCUT2D eigenvalue weighted by Crippen LogP contribution is 2.31. The third-order valence-corrected chi connectivity index (χ3v) is 7.22. The summed E-state index contributed by atoms with van der Waals surface area (Å²) in [4.78, 5) is 24.5. The van der Waals surface area contributed by atoms with Crippen LogP contribution in [0.1, 0.15) is 59.4 Å². The summed E-state index contributed by atoms with van der Waals surface area (Å²) in [5, 5.41) is 13.8. The van der Waals surface area contributed by atoms with Crippen LogP contribution in [0.3, 0.4) is 0 Å². The van der Waals surface area contributed by atoms with Gasteiger partial charge in [0, 0.05) is 38.6 Å². The van der Waals surface area contributed by atoms with Gasteiger partial charge in [0.15, 0.2) is 11.5 Å². The Bertz CT molecular complexity index is 933. The van der Waals surface area contributed by atoms with E-state index in [-0.39, 0.29) is 30.7 Å². The topological polar surface area (TPSA) is 146 Å². The summed E-state index contributed by atoms with van der Waals surface area (Å²) in [5.41, 5.74) is 13.0. The number of primary amides is 1. The van der Waals surface area contributed by atoms with Gasteiger partial charge in [-0.15, -0.1) is 0 Å². The van der Waals surface area contributed by atoms with E-state index in [1.807, 2.05) is 39.0 Å². The van der Waals surface area contributed by atoms with E-state index >= 15 is 0 Å². The first-order valence-corrected chi connectivity index (χ1v) is 13.7. The van der Waals surface area contributed by atoms with Crippen molar-refractivity contribution in [2.45, 2.75) is 72.4 Å². The van der Waals surface area contributed by atoms with E-state index in [1.54, 1.807) is 28.1 Å². The summed E-state index contributed by atoms with van der Waals surface area (Å²) < 4.78 is 16.5. The maximum absolute atomic E-state index is 12.9. The molecule has 4 atom stereocenters. The Hall–Kier alpha value is -2.62. The zero-order valence-electron chi connectivity index (χ0n) is 24.9. The molecule has 1 aromatic carbocycles. The minimum atomic E-state index is -0.885. The molecular formula is C30H51N3O6. The van der Waals surface area contributed by atoms with E-state index < -0.39 is 29.4 Å². The number of nitrogens with one attached hydrogen (secondary N) is 1. The number of carbonyl (C=O) groups excluding carboxylic acids is 2. The first-order valence-electron chi connectivity index (χ1n) is 13.7. The molecule has 0 aromatic heterocycles. The number of aliphatic hydroxyl groups excluding tert-OH is 1. The third-order valence-electron chi connectivity index (χ3n) is 7.22. The molecule has 0 radical (unpaired) electrons. The predicted molar refractivity (Wildman–Crippen MR) is 155 cm³/mol. The van der Waals surface area contributed by atoms with Gasteiger partial charge in [0.05, 0.1) is 25.2 Å². The minimum absolute atomic E-state index is 0.0204. The largest absolute Gasteiger partial charge is 0.493 e. The van der Waals surface area contributed by atoms with Gasteiger partial charge in [0.25, 0.3) is 0 Å². The van der Waals surface area contributed by atoms with E-state index in [1.165, 1.54) is 0 Å². The molecule has 9 nitrogen and oxygen atoms in total. The van der Waals surface area contributed by atoms with Gasteiger partial charge in [-0.05, 0) is 69.6 Å². The Balaban J connectivity index is 2.88. The molecule has 1 rings (SSSR count). The summed E-state index contributed by atoms with van der Waals surface area (Å²) in [6.07, 6.45) is 1.28. The molecule has 0 aliphatic rings. The quantitative estimate of drug-likeness (QED) is 0.153. The SMILES string of the molecule is C=C(C)[C@@H](Cc1ccc(OC)c(OCCCOC)c1)C[C@H](N)[C@@H](O)C[C@H](C(=O)NCC(C)(C)C(N)=O)C(C)C. The fourth-order valence-corrected chi connectivity index (χ4v) is 4.22. The van der Waals surface area contributed by atoms with Crippen LogP contribution in [0.5, 0.6) is 11.5 Å². The Labute approximate surface area is 234 Å². The predicted octanol–water partition coefficient (Wildman–Crippen LogP) is 3.21.